The van der Waals surface area contributed by atoms with Gasteiger partial charge >= 0.3 is 11.9 Å². The van der Waals surface area contributed by atoms with Crippen LogP contribution >= 0.6 is 15.9 Å². The van der Waals surface area contributed by atoms with Crippen LogP contribution in [0.4, 0.5) is 5.69 Å². The lowest BCUT2D eigenvalue weighted by molar-refractivity contribution is -0.226. The number of hydrogen-bond acceptors (Lipinski definition) is 7. The third-order valence-electron chi connectivity index (χ3n) is 5.08. The van der Waals surface area contributed by atoms with Gasteiger partial charge in [-0.15, -0.1) is 0 Å². The van der Waals surface area contributed by atoms with E-state index in [4.69, 9.17) is 14.2 Å². The van der Waals surface area contributed by atoms with Gasteiger partial charge in [-0.25, -0.2) is 4.90 Å². The van der Waals surface area contributed by atoms with Crippen LogP contribution in [-0.4, -0.2) is 41.7 Å². The molecule has 8 nitrogen and oxygen atoms in total. The molecule has 2 saturated heterocycles. The molecule has 4 atom stereocenters. The SMILES string of the molecule is CC(=O)OC(OC(C)=O)[C@]12C=C[C@@H](O1)[C@@H]1C(=O)N(c3ccc(Br)cc3)C(=O)[C@@H]12. The second-order valence-electron chi connectivity index (χ2n) is 6.84. The number of ether oxygens (including phenoxy) is 3. The van der Waals surface area contributed by atoms with Gasteiger partial charge in [-0.1, -0.05) is 22.0 Å². The standard InChI is InChI=1S/C19H16BrNO7/c1-9(22)26-18(27-10(2)23)19-8-7-13(28-19)14-15(19)17(25)21(16(14)24)12-5-3-11(20)4-6-12/h3-8,13-15,18H,1-2H3/t13-,14+,15-,19-/m1/s1. The van der Waals surface area contributed by atoms with E-state index in [1.807, 2.05) is 0 Å². The van der Waals surface area contributed by atoms with Gasteiger partial charge in [0.25, 0.3) is 6.29 Å². The van der Waals surface area contributed by atoms with Crippen molar-refractivity contribution < 1.29 is 33.4 Å². The number of benzene rings is 1. The number of anilines is 1. The quantitative estimate of drug-likeness (QED) is 0.298. The van der Waals surface area contributed by atoms with Crippen molar-refractivity contribution in [2.24, 2.45) is 11.8 Å². The van der Waals surface area contributed by atoms with Gasteiger partial charge < -0.3 is 14.2 Å². The molecule has 0 aliphatic carbocycles. The first kappa shape index (κ1) is 18.8. The minimum atomic E-state index is -1.54. The number of halogens is 1. The molecule has 1 aromatic rings. The van der Waals surface area contributed by atoms with Crippen molar-refractivity contribution in [2.45, 2.75) is 31.8 Å². The molecule has 2 bridgehead atoms. The molecule has 28 heavy (non-hydrogen) atoms. The summed E-state index contributed by atoms with van der Waals surface area (Å²) in [6, 6.07) is 6.76. The largest absolute Gasteiger partial charge is 0.422 e. The molecule has 1 aromatic carbocycles. The molecule has 0 unspecified atom stereocenters. The highest BCUT2D eigenvalue weighted by Crippen LogP contribution is 2.54. The zero-order valence-corrected chi connectivity index (χ0v) is 16.5. The smallest absolute Gasteiger partial charge is 0.305 e. The molecule has 0 spiro atoms. The van der Waals surface area contributed by atoms with E-state index < -0.39 is 53.6 Å². The fourth-order valence-corrected chi connectivity index (χ4v) is 4.33. The average molecular weight is 450 g/mol. The van der Waals surface area contributed by atoms with Gasteiger partial charge in [-0.05, 0) is 30.3 Å². The molecule has 0 aromatic heterocycles. The number of carbonyl (C=O) groups is 4. The summed E-state index contributed by atoms with van der Waals surface area (Å²) < 4.78 is 17.0. The maximum atomic E-state index is 13.3. The molecule has 0 radical (unpaired) electrons. The molecule has 0 saturated carbocycles. The summed E-state index contributed by atoms with van der Waals surface area (Å²) in [7, 11) is 0. The molecule has 3 heterocycles. The second kappa shape index (κ2) is 6.52. The molecule has 4 rings (SSSR count). The third kappa shape index (κ3) is 2.68. The number of amides is 2. The van der Waals surface area contributed by atoms with E-state index in [-0.39, 0.29) is 0 Å². The normalized spacial score (nSPS) is 30.1. The molecule has 2 amide bonds. The molecule has 0 N–H and O–H groups in total. The van der Waals surface area contributed by atoms with E-state index in [0.29, 0.717) is 5.69 Å². The first-order valence-corrected chi connectivity index (χ1v) is 9.39. The predicted octanol–water partition coefficient (Wildman–Crippen LogP) is 1.71. The highest BCUT2D eigenvalue weighted by atomic mass is 79.9. The van der Waals surface area contributed by atoms with E-state index in [9.17, 15) is 19.2 Å². The zero-order valence-electron chi connectivity index (χ0n) is 15.0. The number of hydrogen-bond donors (Lipinski definition) is 0. The van der Waals surface area contributed by atoms with Crippen LogP contribution in [0.1, 0.15) is 13.8 Å². The topological polar surface area (TPSA) is 99.2 Å². The minimum Gasteiger partial charge on any atom is -0.422 e. The summed E-state index contributed by atoms with van der Waals surface area (Å²) in [6.45, 7) is 2.32. The monoisotopic (exact) mass is 449 g/mol. The number of rotatable bonds is 4. The lowest BCUT2D eigenvalue weighted by Gasteiger charge is -2.34. The molecule has 3 aliphatic rings. The van der Waals surface area contributed by atoms with Crippen molar-refractivity contribution in [1.29, 1.82) is 0 Å². The Morgan fingerprint density at radius 2 is 1.71 bits per heavy atom. The lowest BCUT2D eigenvalue weighted by Crippen LogP contribution is -2.52. The number of nitrogens with zero attached hydrogens (tertiary/aromatic N) is 1. The van der Waals surface area contributed by atoms with Crippen LogP contribution in [0.15, 0.2) is 40.9 Å². The summed E-state index contributed by atoms with van der Waals surface area (Å²) in [4.78, 5) is 50.5. The minimum absolute atomic E-state index is 0.405. The second-order valence-corrected chi connectivity index (χ2v) is 7.75. The Kier molecular flexibility index (Phi) is 4.39. The van der Waals surface area contributed by atoms with Crippen LogP contribution < -0.4 is 4.90 Å². The van der Waals surface area contributed by atoms with Gasteiger partial charge in [0.15, 0.2) is 5.60 Å². The van der Waals surface area contributed by atoms with E-state index in [2.05, 4.69) is 15.9 Å². The molecular formula is C19H16BrNO7. The average Bonchev–Trinajstić information content (AvgIpc) is 3.26. The van der Waals surface area contributed by atoms with Crippen molar-refractivity contribution in [2.75, 3.05) is 4.90 Å². The van der Waals surface area contributed by atoms with Crippen LogP contribution in [0.5, 0.6) is 0 Å². The number of esters is 2. The van der Waals surface area contributed by atoms with Crippen molar-refractivity contribution in [3.63, 3.8) is 0 Å². The molecule has 9 heteroatoms. The van der Waals surface area contributed by atoms with Crippen molar-refractivity contribution >= 4 is 45.4 Å². The van der Waals surface area contributed by atoms with E-state index in [0.717, 1.165) is 23.2 Å². The first-order chi connectivity index (χ1) is 13.2. The Balaban J connectivity index is 1.74. The summed E-state index contributed by atoms with van der Waals surface area (Å²) in [5, 5.41) is 0. The van der Waals surface area contributed by atoms with Crippen LogP contribution in [0.25, 0.3) is 0 Å². The van der Waals surface area contributed by atoms with Crippen molar-refractivity contribution in [3.8, 4) is 0 Å². The Labute approximate surface area is 168 Å². The van der Waals surface area contributed by atoms with Gasteiger partial charge in [0.1, 0.15) is 0 Å². The van der Waals surface area contributed by atoms with Crippen LogP contribution in [0, 0.1) is 11.8 Å². The number of imide groups is 1. The van der Waals surface area contributed by atoms with Gasteiger partial charge in [-0.2, -0.15) is 0 Å². The van der Waals surface area contributed by atoms with Gasteiger partial charge in [-0.3, -0.25) is 19.2 Å². The Hall–Kier alpha value is -2.52. The van der Waals surface area contributed by atoms with Crippen LogP contribution in [-0.2, 0) is 33.4 Å². The predicted molar refractivity (Wildman–Crippen MR) is 97.7 cm³/mol. The zero-order chi connectivity index (χ0) is 20.2. The summed E-state index contributed by atoms with van der Waals surface area (Å²) in [6.07, 6.45) is 1.04. The van der Waals surface area contributed by atoms with Crippen molar-refractivity contribution in [3.05, 3.63) is 40.9 Å². The fourth-order valence-electron chi connectivity index (χ4n) is 4.06. The van der Waals surface area contributed by atoms with E-state index >= 15 is 0 Å². The van der Waals surface area contributed by atoms with Gasteiger partial charge in [0, 0.05) is 18.3 Å². The van der Waals surface area contributed by atoms with Gasteiger partial charge in [0.05, 0.1) is 23.6 Å². The van der Waals surface area contributed by atoms with E-state index in [1.165, 1.54) is 0 Å². The maximum absolute atomic E-state index is 13.3. The Bertz CT molecular complexity index is 895. The molecular weight excluding hydrogens is 434 g/mol. The third-order valence-corrected chi connectivity index (χ3v) is 5.61. The lowest BCUT2D eigenvalue weighted by atomic mass is 9.76. The van der Waals surface area contributed by atoms with Crippen LogP contribution in [0.3, 0.4) is 0 Å². The summed E-state index contributed by atoms with van der Waals surface area (Å²) >= 11 is 3.32. The maximum Gasteiger partial charge on any atom is 0.305 e. The highest BCUT2D eigenvalue weighted by Gasteiger charge is 2.72. The van der Waals surface area contributed by atoms with Crippen LogP contribution in [0.2, 0.25) is 0 Å². The Morgan fingerprint density at radius 3 is 2.29 bits per heavy atom. The Morgan fingerprint density at radius 1 is 1.11 bits per heavy atom. The summed E-state index contributed by atoms with van der Waals surface area (Å²) in [5.74, 6) is -4.05. The fraction of sp³-hybridized carbons (Fsp3) is 0.368. The molecule has 2 fully saturated rings. The highest BCUT2D eigenvalue weighted by molar-refractivity contribution is 9.10. The van der Waals surface area contributed by atoms with Crippen molar-refractivity contribution in [1.82, 2.24) is 0 Å². The number of carbonyl (C=O) groups excluding carboxylic acids is 4. The first-order valence-electron chi connectivity index (χ1n) is 8.59. The molecule has 146 valence electrons. The van der Waals surface area contributed by atoms with Gasteiger partial charge in [0.2, 0.25) is 11.8 Å². The summed E-state index contributed by atoms with van der Waals surface area (Å²) in [5.41, 5.74) is -1.11. The molecule has 3 aliphatic heterocycles. The number of fused-ring (bicyclic) bond motifs is 5. The van der Waals surface area contributed by atoms with E-state index in [1.54, 1.807) is 36.4 Å².